The van der Waals surface area contributed by atoms with Crippen LogP contribution in [-0.2, 0) is 6.54 Å². The molecule has 0 spiro atoms. The Hall–Kier alpha value is -2.41. The Kier molecular flexibility index (Phi) is 4.57. The molecule has 118 valence electrons. The topological polar surface area (TPSA) is 80.0 Å². The highest BCUT2D eigenvalue weighted by molar-refractivity contribution is 9.10. The zero-order valence-electron chi connectivity index (χ0n) is 12.2. The van der Waals surface area contributed by atoms with Gasteiger partial charge in [-0.1, -0.05) is 12.1 Å². The van der Waals surface area contributed by atoms with Gasteiger partial charge in [-0.05, 0) is 28.4 Å². The summed E-state index contributed by atoms with van der Waals surface area (Å²) in [6, 6.07) is 5.20. The molecular weight excluding hydrogens is 360 g/mol. The maximum absolute atomic E-state index is 11.4. The van der Waals surface area contributed by atoms with Crippen LogP contribution in [0.5, 0.6) is 0 Å². The lowest BCUT2D eigenvalue weighted by atomic mass is 10.1. The lowest BCUT2D eigenvalue weighted by Crippen LogP contribution is -2.08. The molecule has 0 fully saturated rings. The molecule has 0 aliphatic heterocycles. The number of carbonyl (C=O) groups is 1. The SMILES string of the molecule is O=C(O)c1cccc2c(NCCCn3ccnc3)ncc(Br)c12. The molecule has 2 aromatic heterocycles. The van der Waals surface area contributed by atoms with Crippen LogP contribution in [0.25, 0.3) is 10.8 Å². The molecule has 0 bridgehead atoms. The number of imidazole rings is 1. The fraction of sp³-hybridized carbons (Fsp3) is 0.188. The van der Waals surface area contributed by atoms with Crippen LogP contribution in [0, 0.1) is 0 Å². The number of aromatic nitrogens is 3. The molecule has 0 saturated carbocycles. The van der Waals surface area contributed by atoms with Crippen LogP contribution in [0.4, 0.5) is 5.82 Å². The van der Waals surface area contributed by atoms with E-state index in [1.807, 2.05) is 16.8 Å². The molecule has 0 saturated heterocycles. The molecule has 2 heterocycles. The zero-order chi connectivity index (χ0) is 16.2. The molecule has 7 heteroatoms. The van der Waals surface area contributed by atoms with Gasteiger partial charge in [-0.3, -0.25) is 0 Å². The molecule has 0 atom stereocenters. The van der Waals surface area contributed by atoms with Crippen molar-refractivity contribution < 1.29 is 9.90 Å². The summed E-state index contributed by atoms with van der Waals surface area (Å²) < 4.78 is 2.69. The molecule has 6 nitrogen and oxygen atoms in total. The minimum absolute atomic E-state index is 0.262. The number of benzene rings is 1. The normalized spacial score (nSPS) is 10.8. The number of fused-ring (bicyclic) bond motifs is 1. The largest absolute Gasteiger partial charge is 0.478 e. The number of nitrogens with one attached hydrogen (secondary N) is 1. The van der Waals surface area contributed by atoms with E-state index in [9.17, 15) is 9.90 Å². The second kappa shape index (κ2) is 6.78. The van der Waals surface area contributed by atoms with Crippen LogP contribution in [0.3, 0.4) is 0 Å². The number of hydrogen-bond acceptors (Lipinski definition) is 4. The molecule has 23 heavy (non-hydrogen) atoms. The van der Waals surface area contributed by atoms with Crippen molar-refractivity contribution in [2.75, 3.05) is 11.9 Å². The Labute approximate surface area is 141 Å². The van der Waals surface area contributed by atoms with Crippen LogP contribution < -0.4 is 5.32 Å². The number of carboxylic acid groups (broad SMARTS) is 1. The van der Waals surface area contributed by atoms with Crippen LogP contribution in [0.15, 0.2) is 47.6 Å². The number of hydrogen-bond donors (Lipinski definition) is 2. The molecule has 1 aromatic carbocycles. The highest BCUT2D eigenvalue weighted by Crippen LogP contribution is 2.31. The molecule has 3 rings (SSSR count). The zero-order valence-corrected chi connectivity index (χ0v) is 13.8. The van der Waals surface area contributed by atoms with Gasteiger partial charge in [0.2, 0.25) is 0 Å². The van der Waals surface area contributed by atoms with Crippen molar-refractivity contribution >= 4 is 38.5 Å². The summed E-state index contributed by atoms with van der Waals surface area (Å²) in [5.41, 5.74) is 0.262. The Balaban J connectivity index is 1.80. The summed E-state index contributed by atoms with van der Waals surface area (Å²) >= 11 is 3.39. The Morgan fingerprint density at radius 1 is 1.39 bits per heavy atom. The standard InChI is InChI=1S/C16H15BrN4O2/c17-13-9-20-15(19-5-2-7-21-8-6-18-10-21)11-3-1-4-12(14(11)13)16(22)23/h1,3-4,6,8-10H,2,5,7H2,(H,19,20)(H,22,23). The first-order chi connectivity index (χ1) is 11.2. The fourth-order valence-electron chi connectivity index (χ4n) is 2.47. The average molecular weight is 375 g/mol. The third-order valence-corrected chi connectivity index (χ3v) is 4.14. The molecule has 0 aliphatic carbocycles. The fourth-order valence-corrected chi connectivity index (χ4v) is 3.00. The minimum atomic E-state index is -0.950. The van der Waals surface area contributed by atoms with E-state index >= 15 is 0 Å². The number of anilines is 1. The number of halogens is 1. The Morgan fingerprint density at radius 3 is 3.00 bits per heavy atom. The molecule has 0 amide bonds. The number of pyridine rings is 1. The van der Waals surface area contributed by atoms with Gasteiger partial charge < -0.3 is 15.0 Å². The van der Waals surface area contributed by atoms with Gasteiger partial charge in [-0.25, -0.2) is 14.8 Å². The highest BCUT2D eigenvalue weighted by atomic mass is 79.9. The molecular formula is C16H15BrN4O2. The first-order valence-corrected chi connectivity index (χ1v) is 7.96. The van der Waals surface area contributed by atoms with Gasteiger partial charge in [0, 0.05) is 46.9 Å². The average Bonchev–Trinajstić information content (AvgIpc) is 3.06. The van der Waals surface area contributed by atoms with Crippen molar-refractivity contribution in [3.05, 3.63) is 53.2 Å². The van der Waals surface area contributed by atoms with E-state index in [1.165, 1.54) is 0 Å². The van der Waals surface area contributed by atoms with Gasteiger partial charge in [0.1, 0.15) is 5.82 Å². The highest BCUT2D eigenvalue weighted by Gasteiger charge is 2.14. The van der Waals surface area contributed by atoms with Gasteiger partial charge in [-0.2, -0.15) is 0 Å². The predicted octanol–water partition coefficient (Wildman–Crippen LogP) is 3.39. The summed E-state index contributed by atoms with van der Waals surface area (Å²) in [7, 11) is 0. The van der Waals surface area contributed by atoms with E-state index in [0.29, 0.717) is 15.7 Å². The van der Waals surface area contributed by atoms with E-state index in [1.54, 1.807) is 30.9 Å². The third kappa shape index (κ3) is 3.34. The maximum Gasteiger partial charge on any atom is 0.336 e. The van der Waals surface area contributed by atoms with Gasteiger partial charge in [0.25, 0.3) is 0 Å². The van der Waals surface area contributed by atoms with Crippen molar-refractivity contribution in [1.29, 1.82) is 0 Å². The van der Waals surface area contributed by atoms with Gasteiger partial charge in [0.05, 0.1) is 11.9 Å². The Morgan fingerprint density at radius 2 is 2.26 bits per heavy atom. The summed E-state index contributed by atoms with van der Waals surface area (Å²) in [6.45, 7) is 1.60. The smallest absolute Gasteiger partial charge is 0.336 e. The third-order valence-electron chi connectivity index (χ3n) is 3.54. The lowest BCUT2D eigenvalue weighted by molar-refractivity contribution is 0.0699. The molecule has 0 unspecified atom stereocenters. The summed E-state index contributed by atoms with van der Waals surface area (Å²) in [4.78, 5) is 19.8. The first-order valence-electron chi connectivity index (χ1n) is 7.17. The number of aromatic carboxylic acids is 1. The summed E-state index contributed by atoms with van der Waals surface area (Å²) in [5.74, 6) is -0.259. The number of nitrogens with zero attached hydrogens (tertiary/aromatic N) is 3. The van der Waals surface area contributed by atoms with Crippen molar-refractivity contribution in [3.8, 4) is 0 Å². The number of carboxylic acids is 1. The monoisotopic (exact) mass is 374 g/mol. The van der Waals surface area contributed by atoms with Crippen molar-refractivity contribution in [3.63, 3.8) is 0 Å². The van der Waals surface area contributed by atoms with Gasteiger partial charge in [-0.15, -0.1) is 0 Å². The van der Waals surface area contributed by atoms with Gasteiger partial charge >= 0.3 is 5.97 Å². The second-order valence-electron chi connectivity index (χ2n) is 5.07. The maximum atomic E-state index is 11.4. The van der Waals surface area contributed by atoms with E-state index in [2.05, 4.69) is 31.2 Å². The van der Waals surface area contributed by atoms with E-state index in [-0.39, 0.29) is 5.56 Å². The first kappa shape index (κ1) is 15.5. The molecule has 0 aliphatic rings. The van der Waals surface area contributed by atoms with Crippen LogP contribution in [0.1, 0.15) is 16.8 Å². The predicted molar refractivity (Wildman–Crippen MR) is 91.7 cm³/mol. The van der Waals surface area contributed by atoms with Crippen molar-refractivity contribution in [2.24, 2.45) is 0 Å². The van der Waals surface area contributed by atoms with Crippen molar-refractivity contribution in [1.82, 2.24) is 14.5 Å². The second-order valence-corrected chi connectivity index (χ2v) is 5.92. The van der Waals surface area contributed by atoms with E-state index in [0.717, 1.165) is 24.9 Å². The molecule has 0 radical (unpaired) electrons. The van der Waals surface area contributed by atoms with Crippen molar-refractivity contribution in [2.45, 2.75) is 13.0 Å². The summed E-state index contributed by atoms with van der Waals surface area (Å²) in [5, 5.41) is 14.1. The lowest BCUT2D eigenvalue weighted by Gasteiger charge is -2.11. The quantitative estimate of drug-likeness (QED) is 0.646. The van der Waals surface area contributed by atoms with Crippen LogP contribution in [0.2, 0.25) is 0 Å². The van der Waals surface area contributed by atoms with Crippen LogP contribution >= 0.6 is 15.9 Å². The van der Waals surface area contributed by atoms with Gasteiger partial charge in [0.15, 0.2) is 0 Å². The minimum Gasteiger partial charge on any atom is -0.478 e. The van der Waals surface area contributed by atoms with Crippen LogP contribution in [-0.4, -0.2) is 32.2 Å². The molecule has 3 aromatic rings. The number of rotatable bonds is 6. The van der Waals surface area contributed by atoms with E-state index < -0.39 is 5.97 Å². The summed E-state index contributed by atoms with van der Waals surface area (Å²) in [6.07, 6.45) is 8.00. The Bertz CT molecular complexity index is 833. The number of aryl methyl sites for hydroxylation is 1. The molecule has 2 N–H and O–H groups in total. The van der Waals surface area contributed by atoms with E-state index in [4.69, 9.17) is 0 Å².